The molecular weight excluding hydrogens is 296 g/mol. The van der Waals surface area contributed by atoms with Crippen molar-refractivity contribution in [1.82, 2.24) is 4.57 Å². The van der Waals surface area contributed by atoms with Crippen LogP contribution >= 0.6 is 12.4 Å². The predicted octanol–water partition coefficient (Wildman–Crippen LogP) is 3.62. The van der Waals surface area contributed by atoms with Crippen molar-refractivity contribution >= 4 is 23.3 Å². The van der Waals surface area contributed by atoms with Crippen molar-refractivity contribution < 1.29 is 4.74 Å². The lowest BCUT2D eigenvalue weighted by molar-refractivity contribution is 0.408. The van der Waals surface area contributed by atoms with Gasteiger partial charge in [-0.1, -0.05) is 36.4 Å². The highest BCUT2D eigenvalue weighted by atomic mass is 35.5. The Labute approximate surface area is 137 Å². The monoisotopic (exact) mass is 316 g/mol. The van der Waals surface area contributed by atoms with Gasteiger partial charge >= 0.3 is 0 Å². The minimum Gasteiger partial charge on any atom is -0.496 e. The van der Waals surface area contributed by atoms with Gasteiger partial charge in [-0.2, -0.15) is 0 Å². The lowest BCUT2D eigenvalue weighted by atomic mass is 10.1. The fraction of sp³-hybridized carbons (Fsp3) is 0.222. The summed E-state index contributed by atoms with van der Waals surface area (Å²) in [6.45, 7) is 1.47. The first-order valence-corrected chi connectivity index (χ1v) is 7.22. The Morgan fingerprint density at radius 1 is 1.00 bits per heavy atom. The molecule has 0 amide bonds. The average Bonchev–Trinajstić information content (AvgIpc) is 2.87. The zero-order valence-electron chi connectivity index (χ0n) is 12.7. The second-order valence-electron chi connectivity index (χ2n) is 5.15. The summed E-state index contributed by atoms with van der Waals surface area (Å²) >= 11 is 0. The minimum atomic E-state index is 0. The lowest BCUT2D eigenvalue weighted by Crippen LogP contribution is -2.02. The quantitative estimate of drug-likeness (QED) is 0.781. The van der Waals surface area contributed by atoms with Crippen LogP contribution in [-0.4, -0.2) is 18.2 Å². The number of halogens is 1. The van der Waals surface area contributed by atoms with E-state index in [0.717, 1.165) is 18.7 Å². The van der Waals surface area contributed by atoms with E-state index < -0.39 is 0 Å². The van der Waals surface area contributed by atoms with Crippen LogP contribution in [0, 0.1) is 0 Å². The number of ether oxygens (including phenoxy) is 1. The molecule has 0 fully saturated rings. The Hall–Kier alpha value is -1.97. The summed E-state index contributed by atoms with van der Waals surface area (Å²) < 4.78 is 7.73. The molecule has 0 saturated carbocycles. The van der Waals surface area contributed by atoms with Crippen molar-refractivity contribution in [2.45, 2.75) is 13.0 Å². The molecule has 0 saturated heterocycles. The molecule has 0 bridgehead atoms. The SMILES string of the molecule is COc1ccccc1Cn1cc(CCN)c2ccccc21.Cl. The number of fused-ring (bicyclic) bond motifs is 1. The first kappa shape index (κ1) is 16.4. The van der Waals surface area contributed by atoms with Crippen molar-refractivity contribution in [3.8, 4) is 5.75 Å². The minimum absolute atomic E-state index is 0. The normalized spacial score (nSPS) is 10.5. The smallest absolute Gasteiger partial charge is 0.123 e. The van der Waals surface area contributed by atoms with Crippen LogP contribution in [0.1, 0.15) is 11.1 Å². The first-order valence-electron chi connectivity index (χ1n) is 7.22. The van der Waals surface area contributed by atoms with Gasteiger partial charge in [0.05, 0.1) is 13.7 Å². The molecule has 3 rings (SSSR count). The number of rotatable bonds is 5. The number of para-hydroxylation sites is 2. The highest BCUT2D eigenvalue weighted by Crippen LogP contribution is 2.25. The van der Waals surface area contributed by atoms with Crippen LogP contribution in [0.4, 0.5) is 0 Å². The van der Waals surface area contributed by atoms with Crippen molar-refractivity contribution in [2.75, 3.05) is 13.7 Å². The standard InChI is InChI=1S/C18H20N2O.ClH/c1-21-18-9-5-2-6-15(18)13-20-12-14(10-11-19)16-7-3-4-8-17(16)20;/h2-9,12H,10-11,13,19H2,1H3;1H. The lowest BCUT2D eigenvalue weighted by Gasteiger charge is -2.10. The highest BCUT2D eigenvalue weighted by Gasteiger charge is 2.09. The van der Waals surface area contributed by atoms with Crippen LogP contribution in [0.2, 0.25) is 0 Å². The fourth-order valence-electron chi connectivity index (χ4n) is 2.83. The molecule has 2 aromatic carbocycles. The van der Waals surface area contributed by atoms with Gasteiger partial charge in [0.1, 0.15) is 5.75 Å². The van der Waals surface area contributed by atoms with Gasteiger partial charge in [0.25, 0.3) is 0 Å². The van der Waals surface area contributed by atoms with Gasteiger partial charge in [0.15, 0.2) is 0 Å². The van der Waals surface area contributed by atoms with Crippen LogP contribution in [0.5, 0.6) is 5.75 Å². The Morgan fingerprint density at radius 2 is 1.73 bits per heavy atom. The number of aromatic nitrogens is 1. The zero-order chi connectivity index (χ0) is 14.7. The molecule has 0 aliphatic rings. The van der Waals surface area contributed by atoms with Crippen LogP contribution in [0.15, 0.2) is 54.7 Å². The summed E-state index contributed by atoms with van der Waals surface area (Å²) in [5.74, 6) is 0.927. The van der Waals surface area contributed by atoms with Crippen molar-refractivity contribution in [1.29, 1.82) is 0 Å². The maximum atomic E-state index is 5.73. The van der Waals surface area contributed by atoms with E-state index in [0.29, 0.717) is 6.54 Å². The van der Waals surface area contributed by atoms with Gasteiger partial charge in [0.2, 0.25) is 0 Å². The summed E-state index contributed by atoms with van der Waals surface area (Å²) in [7, 11) is 1.71. The van der Waals surface area contributed by atoms with Crippen LogP contribution < -0.4 is 10.5 Å². The predicted molar refractivity (Wildman–Crippen MR) is 94.0 cm³/mol. The van der Waals surface area contributed by atoms with Gasteiger partial charge in [-0.25, -0.2) is 0 Å². The van der Waals surface area contributed by atoms with E-state index in [1.807, 2.05) is 18.2 Å². The van der Waals surface area contributed by atoms with Gasteiger partial charge in [-0.3, -0.25) is 0 Å². The van der Waals surface area contributed by atoms with Crippen molar-refractivity contribution in [2.24, 2.45) is 5.73 Å². The fourth-order valence-corrected chi connectivity index (χ4v) is 2.83. The average molecular weight is 317 g/mol. The second-order valence-corrected chi connectivity index (χ2v) is 5.15. The van der Waals surface area contributed by atoms with E-state index in [1.165, 1.54) is 22.0 Å². The highest BCUT2D eigenvalue weighted by molar-refractivity contribution is 5.85. The molecule has 0 aliphatic heterocycles. The maximum Gasteiger partial charge on any atom is 0.123 e. The molecule has 0 radical (unpaired) electrons. The summed E-state index contributed by atoms with van der Waals surface area (Å²) in [4.78, 5) is 0. The summed E-state index contributed by atoms with van der Waals surface area (Å²) in [6.07, 6.45) is 3.11. The molecule has 2 N–H and O–H groups in total. The Morgan fingerprint density at radius 3 is 2.50 bits per heavy atom. The van der Waals surface area contributed by atoms with E-state index >= 15 is 0 Å². The van der Waals surface area contributed by atoms with Crippen LogP contribution in [0.25, 0.3) is 10.9 Å². The maximum absolute atomic E-state index is 5.73. The van der Waals surface area contributed by atoms with Gasteiger partial charge in [-0.05, 0) is 30.7 Å². The second kappa shape index (κ2) is 7.34. The third-order valence-electron chi connectivity index (χ3n) is 3.82. The molecule has 1 aromatic heterocycles. The molecule has 1 heterocycles. The van der Waals surface area contributed by atoms with Gasteiger partial charge < -0.3 is 15.0 Å². The summed E-state index contributed by atoms with van der Waals surface area (Å²) in [5.41, 5.74) is 9.46. The van der Waals surface area contributed by atoms with E-state index in [2.05, 4.69) is 41.1 Å². The number of methoxy groups -OCH3 is 1. The number of hydrogen-bond donors (Lipinski definition) is 1. The van der Waals surface area contributed by atoms with Crippen LogP contribution in [-0.2, 0) is 13.0 Å². The summed E-state index contributed by atoms with van der Waals surface area (Å²) in [5, 5.41) is 1.29. The first-order chi connectivity index (χ1) is 10.3. The van der Waals surface area contributed by atoms with E-state index in [-0.39, 0.29) is 12.4 Å². The van der Waals surface area contributed by atoms with Gasteiger partial charge in [0, 0.05) is 22.7 Å². The molecule has 0 spiro atoms. The number of nitrogens with zero attached hydrogens (tertiary/aromatic N) is 1. The number of benzene rings is 2. The topological polar surface area (TPSA) is 40.2 Å². The largest absolute Gasteiger partial charge is 0.496 e. The number of nitrogens with two attached hydrogens (primary N) is 1. The molecule has 0 unspecified atom stereocenters. The van der Waals surface area contributed by atoms with Crippen LogP contribution in [0.3, 0.4) is 0 Å². The molecule has 3 aromatic rings. The number of hydrogen-bond acceptors (Lipinski definition) is 2. The van der Waals surface area contributed by atoms with Gasteiger partial charge in [-0.15, -0.1) is 12.4 Å². The molecule has 0 atom stereocenters. The third kappa shape index (κ3) is 3.11. The van der Waals surface area contributed by atoms with E-state index in [1.54, 1.807) is 7.11 Å². The Bertz CT molecular complexity index is 752. The summed E-state index contributed by atoms with van der Waals surface area (Å²) in [6, 6.07) is 16.6. The molecular formula is C18H21ClN2O. The molecule has 4 heteroatoms. The van der Waals surface area contributed by atoms with E-state index in [9.17, 15) is 0 Å². The Balaban J connectivity index is 0.00000176. The molecule has 22 heavy (non-hydrogen) atoms. The van der Waals surface area contributed by atoms with Crippen molar-refractivity contribution in [3.05, 3.63) is 65.9 Å². The zero-order valence-corrected chi connectivity index (χ0v) is 13.5. The van der Waals surface area contributed by atoms with E-state index in [4.69, 9.17) is 10.5 Å². The Kier molecular flexibility index (Phi) is 5.47. The molecule has 3 nitrogen and oxygen atoms in total. The van der Waals surface area contributed by atoms with Crippen molar-refractivity contribution in [3.63, 3.8) is 0 Å². The third-order valence-corrected chi connectivity index (χ3v) is 3.82. The molecule has 116 valence electrons. The molecule has 0 aliphatic carbocycles.